The summed E-state index contributed by atoms with van der Waals surface area (Å²) < 4.78 is 0. The van der Waals surface area contributed by atoms with E-state index in [-0.39, 0.29) is 5.91 Å². The monoisotopic (exact) mass is 160 g/mol. The summed E-state index contributed by atoms with van der Waals surface area (Å²) in [6, 6.07) is 8.68. The van der Waals surface area contributed by atoms with Crippen LogP contribution < -0.4 is 4.90 Å². The highest BCUT2D eigenvalue weighted by molar-refractivity contribution is 6.01. The SMILES string of the molecule is CCN1C(=O)Cc2cc[c]cc21. The van der Waals surface area contributed by atoms with E-state index in [0.29, 0.717) is 6.42 Å². The fraction of sp³-hybridized carbons (Fsp3) is 0.300. The summed E-state index contributed by atoms with van der Waals surface area (Å²) >= 11 is 0. The molecule has 0 atom stereocenters. The fourth-order valence-corrected chi connectivity index (χ4v) is 1.59. The van der Waals surface area contributed by atoms with Crippen LogP contribution in [0.3, 0.4) is 0 Å². The van der Waals surface area contributed by atoms with Crippen molar-refractivity contribution in [3.05, 3.63) is 29.8 Å². The van der Waals surface area contributed by atoms with Crippen LogP contribution in [0.4, 0.5) is 5.69 Å². The van der Waals surface area contributed by atoms with Gasteiger partial charge in [-0.05, 0) is 24.6 Å². The number of benzene rings is 1. The molecule has 12 heavy (non-hydrogen) atoms. The van der Waals surface area contributed by atoms with Gasteiger partial charge in [0.1, 0.15) is 0 Å². The molecule has 1 aliphatic rings. The van der Waals surface area contributed by atoms with Crippen molar-refractivity contribution in [1.82, 2.24) is 0 Å². The minimum atomic E-state index is 0.201. The third-order valence-corrected chi connectivity index (χ3v) is 2.18. The van der Waals surface area contributed by atoms with Crippen LogP contribution in [-0.2, 0) is 11.2 Å². The van der Waals surface area contributed by atoms with E-state index in [1.54, 1.807) is 4.90 Å². The molecule has 1 aliphatic heterocycles. The van der Waals surface area contributed by atoms with Gasteiger partial charge in [0.2, 0.25) is 5.91 Å². The Balaban J connectivity index is 2.47. The summed E-state index contributed by atoms with van der Waals surface area (Å²) in [5, 5.41) is 0. The lowest BCUT2D eigenvalue weighted by Crippen LogP contribution is -2.25. The Kier molecular flexibility index (Phi) is 1.61. The number of anilines is 1. The molecule has 0 saturated carbocycles. The smallest absolute Gasteiger partial charge is 0.231 e. The molecule has 2 rings (SSSR count). The predicted octanol–water partition coefficient (Wildman–Crippen LogP) is 1.40. The lowest BCUT2D eigenvalue weighted by Gasteiger charge is -2.13. The molecular formula is C10H10NO. The van der Waals surface area contributed by atoms with Gasteiger partial charge in [0, 0.05) is 12.2 Å². The van der Waals surface area contributed by atoms with Crippen molar-refractivity contribution in [2.24, 2.45) is 0 Å². The van der Waals surface area contributed by atoms with Crippen LogP contribution in [0.25, 0.3) is 0 Å². The molecular weight excluding hydrogens is 150 g/mol. The number of hydrogen-bond acceptors (Lipinski definition) is 1. The molecule has 0 fully saturated rings. The highest BCUT2D eigenvalue weighted by Crippen LogP contribution is 2.27. The minimum Gasteiger partial charge on any atom is -0.312 e. The quantitative estimate of drug-likeness (QED) is 0.608. The molecule has 0 N–H and O–H groups in total. The van der Waals surface area contributed by atoms with Crippen molar-refractivity contribution in [2.45, 2.75) is 13.3 Å². The first-order valence-corrected chi connectivity index (χ1v) is 4.12. The van der Waals surface area contributed by atoms with Gasteiger partial charge in [-0.2, -0.15) is 0 Å². The third kappa shape index (κ3) is 0.916. The molecule has 1 aromatic rings. The van der Waals surface area contributed by atoms with Gasteiger partial charge in [-0.25, -0.2) is 0 Å². The lowest BCUT2D eigenvalue weighted by molar-refractivity contribution is -0.117. The third-order valence-electron chi connectivity index (χ3n) is 2.18. The minimum absolute atomic E-state index is 0.201. The summed E-state index contributed by atoms with van der Waals surface area (Å²) in [5.41, 5.74) is 2.16. The maximum Gasteiger partial charge on any atom is 0.231 e. The van der Waals surface area contributed by atoms with Gasteiger partial charge in [-0.15, -0.1) is 0 Å². The van der Waals surface area contributed by atoms with Crippen molar-refractivity contribution in [2.75, 3.05) is 11.4 Å². The van der Waals surface area contributed by atoms with Crippen molar-refractivity contribution in [1.29, 1.82) is 0 Å². The van der Waals surface area contributed by atoms with Gasteiger partial charge in [0.25, 0.3) is 0 Å². The van der Waals surface area contributed by atoms with Crippen molar-refractivity contribution < 1.29 is 4.79 Å². The topological polar surface area (TPSA) is 20.3 Å². The summed E-state index contributed by atoms with van der Waals surface area (Å²) in [6.07, 6.45) is 0.553. The largest absolute Gasteiger partial charge is 0.312 e. The first-order valence-electron chi connectivity index (χ1n) is 4.12. The molecule has 0 aliphatic carbocycles. The predicted molar refractivity (Wildman–Crippen MR) is 47.0 cm³/mol. The molecule has 0 spiro atoms. The summed E-state index contributed by atoms with van der Waals surface area (Å²) in [5.74, 6) is 0.201. The zero-order chi connectivity index (χ0) is 8.55. The van der Waals surface area contributed by atoms with E-state index in [0.717, 1.165) is 17.8 Å². The maximum atomic E-state index is 11.4. The Labute approximate surface area is 71.8 Å². The number of carbonyl (C=O) groups excluding carboxylic acids is 1. The molecule has 61 valence electrons. The Morgan fingerprint density at radius 3 is 3.25 bits per heavy atom. The molecule has 2 heteroatoms. The fourth-order valence-electron chi connectivity index (χ4n) is 1.59. The van der Waals surface area contributed by atoms with Crippen LogP contribution in [0, 0.1) is 6.07 Å². The molecule has 2 nitrogen and oxygen atoms in total. The molecule has 0 saturated heterocycles. The Bertz CT molecular complexity index is 319. The number of rotatable bonds is 1. The summed E-state index contributed by atoms with van der Waals surface area (Å²) in [7, 11) is 0. The standard InChI is InChI=1S/C10H10NO/c1-2-11-9-6-4-3-5-8(9)7-10(11)12/h3,5-6H,2,7H2,1H3. The van der Waals surface area contributed by atoms with Crippen LogP contribution in [0.1, 0.15) is 12.5 Å². The van der Waals surface area contributed by atoms with E-state index in [9.17, 15) is 4.79 Å². The van der Waals surface area contributed by atoms with Gasteiger partial charge in [0.15, 0.2) is 0 Å². The van der Waals surface area contributed by atoms with Gasteiger partial charge >= 0.3 is 0 Å². The molecule has 1 amide bonds. The number of amides is 1. The second-order valence-electron chi connectivity index (χ2n) is 2.87. The van der Waals surface area contributed by atoms with Crippen LogP contribution in [0.5, 0.6) is 0 Å². The molecule has 1 radical (unpaired) electrons. The van der Waals surface area contributed by atoms with E-state index in [4.69, 9.17) is 0 Å². The van der Waals surface area contributed by atoms with Gasteiger partial charge in [-0.3, -0.25) is 4.79 Å². The lowest BCUT2D eigenvalue weighted by atomic mass is 10.2. The Morgan fingerprint density at radius 2 is 2.50 bits per heavy atom. The highest BCUT2D eigenvalue weighted by Gasteiger charge is 2.24. The van der Waals surface area contributed by atoms with Gasteiger partial charge < -0.3 is 4.90 Å². The maximum absolute atomic E-state index is 11.4. The molecule has 1 heterocycles. The average Bonchev–Trinajstić information content (AvgIpc) is 2.40. The molecule has 0 aromatic heterocycles. The molecule has 0 bridgehead atoms. The van der Waals surface area contributed by atoms with E-state index >= 15 is 0 Å². The van der Waals surface area contributed by atoms with Crippen LogP contribution in [-0.4, -0.2) is 12.5 Å². The van der Waals surface area contributed by atoms with Crippen LogP contribution in [0.2, 0.25) is 0 Å². The summed E-state index contributed by atoms with van der Waals surface area (Å²) in [4.78, 5) is 13.2. The van der Waals surface area contributed by atoms with E-state index < -0.39 is 0 Å². The number of hydrogen-bond donors (Lipinski definition) is 0. The number of fused-ring (bicyclic) bond motifs is 1. The van der Waals surface area contributed by atoms with E-state index in [1.807, 2.05) is 25.1 Å². The first-order chi connectivity index (χ1) is 5.83. The van der Waals surface area contributed by atoms with Gasteiger partial charge in [0.05, 0.1) is 6.42 Å². The zero-order valence-electron chi connectivity index (χ0n) is 7.00. The average molecular weight is 160 g/mol. The van der Waals surface area contributed by atoms with E-state index in [2.05, 4.69) is 6.07 Å². The number of nitrogens with zero attached hydrogens (tertiary/aromatic N) is 1. The van der Waals surface area contributed by atoms with Crippen LogP contribution >= 0.6 is 0 Å². The second kappa shape index (κ2) is 2.63. The van der Waals surface area contributed by atoms with Crippen molar-refractivity contribution in [3.8, 4) is 0 Å². The summed E-state index contributed by atoms with van der Waals surface area (Å²) in [6.45, 7) is 2.74. The zero-order valence-corrected chi connectivity index (χ0v) is 7.00. The number of carbonyl (C=O) groups is 1. The van der Waals surface area contributed by atoms with E-state index in [1.165, 1.54) is 0 Å². The molecule has 0 unspecified atom stereocenters. The van der Waals surface area contributed by atoms with Crippen molar-refractivity contribution >= 4 is 11.6 Å². The normalized spacial score (nSPS) is 15.1. The van der Waals surface area contributed by atoms with Gasteiger partial charge in [-0.1, -0.05) is 12.1 Å². The first kappa shape index (κ1) is 7.35. The number of likely N-dealkylation sites (N-methyl/N-ethyl adjacent to an activating group) is 1. The van der Waals surface area contributed by atoms with Crippen LogP contribution in [0.15, 0.2) is 18.2 Å². The highest BCUT2D eigenvalue weighted by atomic mass is 16.2. The Morgan fingerprint density at radius 1 is 1.67 bits per heavy atom. The Hall–Kier alpha value is -1.31. The van der Waals surface area contributed by atoms with Crippen molar-refractivity contribution in [3.63, 3.8) is 0 Å². The second-order valence-corrected chi connectivity index (χ2v) is 2.87. The molecule has 1 aromatic carbocycles.